The molecule has 7 fully saturated rings. The van der Waals surface area contributed by atoms with E-state index in [1.807, 2.05) is 13.8 Å². The lowest BCUT2D eigenvalue weighted by molar-refractivity contribution is -0.448. The predicted octanol–water partition coefficient (Wildman–Crippen LogP) is 7.96. The number of carboxylic acids is 1. The first-order valence-corrected chi connectivity index (χ1v) is 21.0. The van der Waals surface area contributed by atoms with Gasteiger partial charge in [-0.2, -0.15) is 0 Å². The van der Waals surface area contributed by atoms with Crippen molar-refractivity contribution in [2.75, 3.05) is 13.2 Å². The average molecular weight is 715 g/mol. The normalized spacial score (nSPS) is 44.1. The van der Waals surface area contributed by atoms with Crippen LogP contribution in [0.5, 0.6) is 0 Å². The molecule has 0 aromatic heterocycles. The Morgan fingerprint density at radius 2 is 1.59 bits per heavy atom. The van der Waals surface area contributed by atoms with Crippen molar-refractivity contribution in [3.63, 3.8) is 0 Å². The summed E-state index contributed by atoms with van der Waals surface area (Å²) >= 11 is 0. The fraction of sp³-hybridized carbons (Fsp3) is 0.905. The minimum atomic E-state index is -1.75. The molecule has 288 valence electrons. The highest BCUT2D eigenvalue weighted by atomic mass is 17.0. The smallest absolute Gasteiger partial charge is 0.316 e. The number of hydrogen-bond acceptors (Lipinski definition) is 8. The largest absolute Gasteiger partial charge is 0.481 e. The summed E-state index contributed by atoms with van der Waals surface area (Å²) in [5.74, 6) is -2.12. The van der Waals surface area contributed by atoms with Crippen molar-refractivity contribution in [3.8, 4) is 0 Å². The topological polar surface area (TPSA) is 121 Å². The van der Waals surface area contributed by atoms with Gasteiger partial charge in [0.1, 0.15) is 30.0 Å². The van der Waals surface area contributed by atoms with Crippen LogP contribution in [-0.4, -0.2) is 72.4 Å². The fourth-order valence-corrected chi connectivity index (χ4v) is 12.6. The maximum Gasteiger partial charge on any atom is 0.316 e. The van der Waals surface area contributed by atoms with Crippen LogP contribution < -0.4 is 0 Å². The third kappa shape index (κ3) is 5.84. The number of aliphatic hydroxyl groups is 1. The highest BCUT2D eigenvalue weighted by molar-refractivity contribution is 5.90. The number of rotatable bonds is 22. The monoisotopic (exact) mass is 714 g/mol. The van der Waals surface area contributed by atoms with Crippen LogP contribution in [0.25, 0.3) is 0 Å². The Labute approximate surface area is 305 Å². The molecule has 0 radical (unpaired) electrons. The number of carboxylic acid groups (broad SMARTS) is 1. The molecule has 3 saturated carbocycles. The van der Waals surface area contributed by atoms with Crippen molar-refractivity contribution in [2.24, 2.45) is 45.8 Å². The Hall–Kier alpha value is -1.36. The average Bonchev–Trinajstić information content (AvgIpc) is 3.84. The Bertz CT molecular complexity index is 1280. The van der Waals surface area contributed by atoms with E-state index >= 15 is 0 Å². The minimum absolute atomic E-state index is 0.0238. The summed E-state index contributed by atoms with van der Waals surface area (Å²) in [5, 5.41) is 22.9. The molecule has 9 nitrogen and oxygen atoms in total. The number of ether oxygens (including phenoxy) is 5. The Balaban J connectivity index is 0.922. The molecule has 9 heteroatoms. The van der Waals surface area contributed by atoms with E-state index in [4.69, 9.17) is 23.7 Å². The van der Waals surface area contributed by atoms with E-state index in [9.17, 15) is 19.8 Å². The zero-order valence-corrected chi connectivity index (χ0v) is 31.8. The Morgan fingerprint density at radius 3 is 2.20 bits per heavy atom. The molecule has 8 rings (SSSR count). The molecule has 4 aliphatic heterocycles. The molecule has 0 spiro atoms. The Morgan fingerprint density at radius 1 is 0.941 bits per heavy atom. The lowest BCUT2D eigenvalue weighted by Gasteiger charge is -2.58. The fourth-order valence-electron chi connectivity index (χ4n) is 12.6. The van der Waals surface area contributed by atoms with Gasteiger partial charge in [0, 0.05) is 12.0 Å². The first kappa shape index (κ1) is 37.9. The number of aldehydes is 1. The van der Waals surface area contributed by atoms with Crippen LogP contribution in [-0.2, 0) is 33.3 Å². The summed E-state index contributed by atoms with van der Waals surface area (Å²) in [5.41, 5.74) is -2.32. The highest BCUT2D eigenvalue weighted by Gasteiger charge is 2.85. The van der Waals surface area contributed by atoms with Gasteiger partial charge in [-0.15, -0.1) is 0 Å². The van der Waals surface area contributed by atoms with Crippen LogP contribution in [0.15, 0.2) is 11.6 Å². The van der Waals surface area contributed by atoms with Gasteiger partial charge >= 0.3 is 11.9 Å². The van der Waals surface area contributed by atoms with E-state index in [-0.39, 0.29) is 30.3 Å². The summed E-state index contributed by atoms with van der Waals surface area (Å²) in [7, 11) is 0. The van der Waals surface area contributed by atoms with Crippen LogP contribution in [0.3, 0.4) is 0 Å². The van der Waals surface area contributed by atoms with Crippen molar-refractivity contribution < 1.29 is 43.5 Å². The number of carbonyl (C=O) groups excluding carboxylic acids is 1. The number of aliphatic carboxylic acids is 1. The lowest BCUT2D eigenvalue weighted by Crippen LogP contribution is -2.66. The molecule has 13 unspecified atom stereocenters. The number of carbonyl (C=O) groups is 2. The second kappa shape index (κ2) is 15.1. The van der Waals surface area contributed by atoms with Crippen molar-refractivity contribution in [3.05, 3.63) is 11.6 Å². The third-order valence-electron chi connectivity index (χ3n) is 14.9. The summed E-state index contributed by atoms with van der Waals surface area (Å²) < 4.78 is 31.5. The number of hydrogen-bond donors (Lipinski definition) is 2. The maximum absolute atomic E-state index is 13.8. The molecule has 0 aromatic carbocycles. The zero-order valence-electron chi connectivity index (χ0n) is 31.8. The van der Waals surface area contributed by atoms with Crippen LogP contribution >= 0.6 is 0 Å². The Kier molecular flexibility index (Phi) is 11.2. The van der Waals surface area contributed by atoms with Crippen molar-refractivity contribution in [2.45, 2.75) is 180 Å². The summed E-state index contributed by atoms with van der Waals surface area (Å²) in [6.07, 6.45) is 20.8. The molecular formula is C42H66O9. The quantitative estimate of drug-likeness (QED) is 0.0654. The molecule has 4 aliphatic carbocycles. The standard InChI is InChI=1S/C42H66O9/c1-5-6-7-8-9-10-11-12-13-14-15-16-17-18-21-47-33-34-36(44)42(50-35(33)37(49-34)51-42)48-26-40-24-30-28(4)19-20-31(30)39(25-43)23-29(40)22-32(27(2)3)41(39,40)38(45)46/h22,25,27-31,33-37,44H,5-21,23-24,26H2,1-4H3,(H,45,46). The first-order chi connectivity index (χ1) is 24.6. The third-order valence-corrected chi connectivity index (χ3v) is 14.9. The molecule has 51 heavy (non-hydrogen) atoms. The van der Waals surface area contributed by atoms with Gasteiger partial charge in [0.15, 0.2) is 12.4 Å². The van der Waals surface area contributed by atoms with Gasteiger partial charge in [0.2, 0.25) is 0 Å². The van der Waals surface area contributed by atoms with Crippen LogP contribution in [0.1, 0.15) is 143 Å². The van der Waals surface area contributed by atoms with Crippen LogP contribution in [0.4, 0.5) is 0 Å². The van der Waals surface area contributed by atoms with Gasteiger partial charge in [-0.3, -0.25) is 9.53 Å². The molecule has 8 bridgehead atoms. The molecular weight excluding hydrogens is 648 g/mol. The number of aliphatic hydroxyl groups excluding tert-OH is 1. The number of fused-ring (bicyclic) bond motifs is 2. The molecule has 4 saturated heterocycles. The lowest BCUT2D eigenvalue weighted by atomic mass is 9.43. The number of unbranched alkanes of at least 4 members (excludes halogenated alkanes) is 13. The van der Waals surface area contributed by atoms with Gasteiger partial charge < -0.3 is 34.0 Å². The van der Waals surface area contributed by atoms with Gasteiger partial charge in [0.05, 0.1) is 12.0 Å². The summed E-state index contributed by atoms with van der Waals surface area (Å²) in [4.78, 5) is 27.2. The van der Waals surface area contributed by atoms with E-state index in [1.54, 1.807) is 0 Å². The summed E-state index contributed by atoms with van der Waals surface area (Å²) in [6, 6.07) is 0. The molecule has 0 amide bonds. The molecule has 8 aliphatic rings. The van der Waals surface area contributed by atoms with E-state index in [1.165, 1.54) is 77.0 Å². The maximum atomic E-state index is 13.8. The molecule has 2 N–H and O–H groups in total. The minimum Gasteiger partial charge on any atom is -0.481 e. The second-order valence-electron chi connectivity index (χ2n) is 17.9. The summed E-state index contributed by atoms with van der Waals surface area (Å²) in [6.45, 7) is 9.18. The van der Waals surface area contributed by atoms with Gasteiger partial charge in [0.25, 0.3) is 0 Å². The zero-order chi connectivity index (χ0) is 36.0. The van der Waals surface area contributed by atoms with Gasteiger partial charge in [-0.05, 0) is 55.3 Å². The second-order valence-corrected chi connectivity index (χ2v) is 17.9. The van der Waals surface area contributed by atoms with Crippen molar-refractivity contribution >= 4 is 12.3 Å². The van der Waals surface area contributed by atoms with Gasteiger partial charge in [-0.1, -0.05) is 129 Å². The van der Waals surface area contributed by atoms with Crippen molar-refractivity contribution in [1.29, 1.82) is 0 Å². The van der Waals surface area contributed by atoms with E-state index < -0.39 is 58.9 Å². The highest BCUT2D eigenvalue weighted by Crippen LogP contribution is 2.82. The SMILES string of the molecule is CCCCCCCCCCCCCCCCOC1C2OC3(OCC45CC6C(C)CCC6C6(C=O)CC4C=C(C(C)C)C65C(=O)O)OC2OC1C3O. The van der Waals surface area contributed by atoms with Crippen LogP contribution in [0.2, 0.25) is 0 Å². The first-order valence-electron chi connectivity index (χ1n) is 21.0. The van der Waals surface area contributed by atoms with E-state index in [0.29, 0.717) is 25.4 Å². The predicted molar refractivity (Wildman–Crippen MR) is 191 cm³/mol. The molecule has 0 aromatic rings. The molecule has 13 atom stereocenters. The van der Waals surface area contributed by atoms with Crippen molar-refractivity contribution in [1.82, 2.24) is 0 Å². The molecule has 4 heterocycles. The van der Waals surface area contributed by atoms with E-state index in [0.717, 1.165) is 37.5 Å². The van der Waals surface area contributed by atoms with Crippen LogP contribution in [0, 0.1) is 45.8 Å². The van der Waals surface area contributed by atoms with E-state index in [2.05, 4.69) is 19.9 Å². The number of allylic oxidation sites excluding steroid dienone is 1. The van der Waals surface area contributed by atoms with Gasteiger partial charge in [-0.25, -0.2) is 0 Å².